The summed E-state index contributed by atoms with van der Waals surface area (Å²) in [6.45, 7) is 12.8. The van der Waals surface area contributed by atoms with Crippen molar-refractivity contribution in [1.29, 1.82) is 0 Å². The molecule has 2 fully saturated rings. The van der Waals surface area contributed by atoms with E-state index in [1.54, 1.807) is 0 Å². The highest BCUT2D eigenvalue weighted by Crippen LogP contribution is 2.24. The molecule has 0 aromatic carbocycles. The van der Waals surface area contributed by atoms with Crippen LogP contribution < -0.4 is 5.32 Å². The largest absolute Gasteiger partial charge is 0.372 e. The molecule has 128 valence electrons. The Morgan fingerprint density at radius 2 is 1.86 bits per heavy atom. The van der Waals surface area contributed by atoms with Gasteiger partial charge in [-0.3, -0.25) is 4.79 Å². The SMILES string of the molecule is CC(C)C1CCN(C(=O)COCCCN2CCNCC2)CC1. The molecule has 2 aliphatic rings. The second kappa shape index (κ2) is 9.48. The van der Waals surface area contributed by atoms with E-state index in [4.69, 9.17) is 4.74 Å². The lowest BCUT2D eigenvalue weighted by Crippen LogP contribution is -2.44. The van der Waals surface area contributed by atoms with Gasteiger partial charge in [0.2, 0.25) is 5.91 Å². The predicted molar refractivity (Wildman–Crippen MR) is 88.9 cm³/mol. The van der Waals surface area contributed by atoms with Gasteiger partial charge in [-0.05, 0) is 31.1 Å². The summed E-state index contributed by atoms with van der Waals surface area (Å²) >= 11 is 0. The van der Waals surface area contributed by atoms with Crippen molar-refractivity contribution < 1.29 is 9.53 Å². The molecule has 2 aliphatic heterocycles. The first-order valence-electron chi connectivity index (χ1n) is 8.95. The highest BCUT2D eigenvalue weighted by atomic mass is 16.5. The van der Waals surface area contributed by atoms with Crippen LogP contribution in [0.1, 0.15) is 33.1 Å². The fourth-order valence-electron chi connectivity index (χ4n) is 3.39. The van der Waals surface area contributed by atoms with E-state index in [1.165, 1.54) is 0 Å². The van der Waals surface area contributed by atoms with Crippen molar-refractivity contribution in [3.8, 4) is 0 Å². The van der Waals surface area contributed by atoms with E-state index in [0.29, 0.717) is 6.61 Å². The van der Waals surface area contributed by atoms with E-state index in [0.717, 1.165) is 76.9 Å². The minimum absolute atomic E-state index is 0.171. The predicted octanol–water partition coefficient (Wildman–Crippen LogP) is 1.19. The summed E-state index contributed by atoms with van der Waals surface area (Å²) in [7, 11) is 0. The Labute approximate surface area is 135 Å². The molecular weight excluding hydrogens is 278 g/mol. The molecule has 5 nitrogen and oxygen atoms in total. The maximum absolute atomic E-state index is 12.1. The lowest BCUT2D eigenvalue weighted by molar-refractivity contribution is -0.137. The fraction of sp³-hybridized carbons (Fsp3) is 0.941. The number of amides is 1. The summed E-state index contributed by atoms with van der Waals surface area (Å²) < 4.78 is 5.58. The zero-order chi connectivity index (χ0) is 15.8. The summed E-state index contributed by atoms with van der Waals surface area (Å²) in [6.07, 6.45) is 3.31. The van der Waals surface area contributed by atoms with Crippen LogP contribution in [0.5, 0.6) is 0 Å². The third kappa shape index (κ3) is 5.86. The molecule has 0 aliphatic carbocycles. The van der Waals surface area contributed by atoms with E-state index in [-0.39, 0.29) is 12.5 Å². The number of hydrogen-bond donors (Lipinski definition) is 1. The topological polar surface area (TPSA) is 44.8 Å². The molecule has 0 atom stereocenters. The van der Waals surface area contributed by atoms with Crippen molar-refractivity contribution in [2.24, 2.45) is 11.8 Å². The quantitative estimate of drug-likeness (QED) is 0.718. The molecule has 0 bridgehead atoms. The van der Waals surface area contributed by atoms with Crippen molar-refractivity contribution in [1.82, 2.24) is 15.1 Å². The van der Waals surface area contributed by atoms with Crippen molar-refractivity contribution in [3.05, 3.63) is 0 Å². The molecule has 0 spiro atoms. The first kappa shape index (κ1) is 17.7. The number of piperidine rings is 1. The van der Waals surface area contributed by atoms with Gasteiger partial charge in [0.05, 0.1) is 0 Å². The number of carbonyl (C=O) groups is 1. The van der Waals surface area contributed by atoms with Gasteiger partial charge in [0.1, 0.15) is 6.61 Å². The number of rotatable bonds is 7. The average molecular weight is 311 g/mol. The maximum Gasteiger partial charge on any atom is 0.248 e. The van der Waals surface area contributed by atoms with E-state index >= 15 is 0 Å². The van der Waals surface area contributed by atoms with Crippen LogP contribution in [0.4, 0.5) is 0 Å². The highest BCUT2D eigenvalue weighted by molar-refractivity contribution is 5.77. The van der Waals surface area contributed by atoms with Crippen LogP contribution in [0, 0.1) is 11.8 Å². The second-order valence-corrected chi connectivity index (χ2v) is 6.96. The van der Waals surface area contributed by atoms with Crippen LogP contribution in [0.15, 0.2) is 0 Å². The highest BCUT2D eigenvalue weighted by Gasteiger charge is 2.24. The molecule has 0 aromatic rings. The molecule has 1 amide bonds. The third-order valence-corrected chi connectivity index (χ3v) is 5.03. The number of hydrogen-bond acceptors (Lipinski definition) is 4. The second-order valence-electron chi connectivity index (χ2n) is 6.96. The van der Waals surface area contributed by atoms with E-state index in [2.05, 4.69) is 24.1 Å². The summed E-state index contributed by atoms with van der Waals surface area (Å²) in [6, 6.07) is 0. The zero-order valence-corrected chi connectivity index (χ0v) is 14.4. The number of nitrogens with zero attached hydrogens (tertiary/aromatic N) is 2. The molecule has 2 heterocycles. The Hall–Kier alpha value is -0.650. The van der Waals surface area contributed by atoms with Gasteiger partial charge in [-0.15, -0.1) is 0 Å². The number of piperazine rings is 1. The Kier molecular flexibility index (Phi) is 7.63. The molecular formula is C17H33N3O2. The number of likely N-dealkylation sites (tertiary alicyclic amines) is 1. The van der Waals surface area contributed by atoms with Crippen LogP contribution in [0.25, 0.3) is 0 Å². The first-order chi connectivity index (χ1) is 10.7. The lowest BCUT2D eigenvalue weighted by Gasteiger charge is -2.33. The summed E-state index contributed by atoms with van der Waals surface area (Å²) in [5.41, 5.74) is 0. The third-order valence-electron chi connectivity index (χ3n) is 5.03. The van der Waals surface area contributed by atoms with Crippen molar-refractivity contribution in [2.45, 2.75) is 33.1 Å². The molecule has 0 unspecified atom stereocenters. The molecule has 5 heteroatoms. The van der Waals surface area contributed by atoms with Crippen LogP contribution in [-0.2, 0) is 9.53 Å². The molecule has 0 aromatic heterocycles. The van der Waals surface area contributed by atoms with Gasteiger partial charge in [-0.2, -0.15) is 0 Å². The standard InChI is InChI=1S/C17H33N3O2/c1-15(2)16-4-9-20(10-5-16)17(21)14-22-13-3-8-19-11-6-18-7-12-19/h15-16,18H,3-14H2,1-2H3. The van der Waals surface area contributed by atoms with Gasteiger partial charge < -0.3 is 19.9 Å². The Bertz CT molecular complexity index is 322. The summed E-state index contributed by atoms with van der Waals surface area (Å²) in [5.74, 6) is 1.69. The molecule has 1 N–H and O–H groups in total. The minimum atomic E-state index is 0.171. The van der Waals surface area contributed by atoms with Crippen LogP contribution in [-0.4, -0.2) is 74.7 Å². The number of nitrogens with one attached hydrogen (secondary N) is 1. The number of ether oxygens (including phenoxy) is 1. The van der Waals surface area contributed by atoms with Gasteiger partial charge in [-0.1, -0.05) is 13.8 Å². The Morgan fingerprint density at radius 3 is 2.50 bits per heavy atom. The van der Waals surface area contributed by atoms with E-state index in [1.807, 2.05) is 4.90 Å². The van der Waals surface area contributed by atoms with Gasteiger partial charge in [-0.25, -0.2) is 0 Å². The van der Waals surface area contributed by atoms with Crippen LogP contribution in [0.2, 0.25) is 0 Å². The Morgan fingerprint density at radius 1 is 1.18 bits per heavy atom. The fourth-order valence-corrected chi connectivity index (χ4v) is 3.39. The van der Waals surface area contributed by atoms with E-state index in [9.17, 15) is 4.79 Å². The van der Waals surface area contributed by atoms with Gasteiger partial charge in [0, 0.05) is 52.4 Å². The molecule has 2 saturated heterocycles. The monoisotopic (exact) mass is 311 g/mol. The number of carbonyl (C=O) groups excluding carboxylic acids is 1. The average Bonchev–Trinajstić information content (AvgIpc) is 2.55. The normalized spacial score (nSPS) is 21.5. The summed E-state index contributed by atoms with van der Waals surface area (Å²) in [5, 5.41) is 3.35. The van der Waals surface area contributed by atoms with Crippen molar-refractivity contribution in [2.75, 3.05) is 59.0 Å². The molecule has 2 rings (SSSR count). The molecule has 22 heavy (non-hydrogen) atoms. The lowest BCUT2D eigenvalue weighted by atomic mass is 9.87. The van der Waals surface area contributed by atoms with Crippen LogP contribution >= 0.6 is 0 Å². The molecule has 0 saturated carbocycles. The van der Waals surface area contributed by atoms with Gasteiger partial charge >= 0.3 is 0 Å². The van der Waals surface area contributed by atoms with Crippen LogP contribution in [0.3, 0.4) is 0 Å². The Balaban J connectivity index is 1.51. The van der Waals surface area contributed by atoms with E-state index < -0.39 is 0 Å². The van der Waals surface area contributed by atoms with Gasteiger partial charge in [0.15, 0.2) is 0 Å². The molecule has 0 radical (unpaired) electrons. The first-order valence-corrected chi connectivity index (χ1v) is 8.95. The maximum atomic E-state index is 12.1. The van der Waals surface area contributed by atoms with Gasteiger partial charge in [0.25, 0.3) is 0 Å². The minimum Gasteiger partial charge on any atom is -0.372 e. The zero-order valence-electron chi connectivity index (χ0n) is 14.4. The smallest absolute Gasteiger partial charge is 0.248 e. The van der Waals surface area contributed by atoms with Crippen molar-refractivity contribution >= 4 is 5.91 Å². The summed E-state index contributed by atoms with van der Waals surface area (Å²) in [4.78, 5) is 16.6. The van der Waals surface area contributed by atoms with Crippen molar-refractivity contribution in [3.63, 3.8) is 0 Å².